The molecule has 21 heavy (non-hydrogen) atoms. The Morgan fingerprint density at radius 3 is 2.71 bits per heavy atom. The molecular formula is C15H21ClFN3O. The molecule has 1 aliphatic rings. The summed E-state index contributed by atoms with van der Waals surface area (Å²) in [5, 5.41) is 6.24. The molecule has 0 aromatic heterocycles. The molecule has 4 nitrogen and oxygen atoms in total. The van der Waals surface area contributed by atoms with E-state index in [4.69, 9.17) is 11.6 Å². The third-order valence-corrected chi connectivity index (χ3v) is 4.19. The Hall–Kier alpha value is -1.17. The van der Waals surface area contributed by atoms with Gasteiger partial charge in [-0.1, -0.05) is 17.7 Å². The predicted molar refractivity (Wildman–Crippen MR) is 81.8 cm³/mol. The zero-order chi connectivity index (χ0) is 15.5. The average molecular weight is 314 g/mol. The van der Waals surface area contributed by atoms with E-state index < -0.39 is 11.4 Å². The smallest absolute Gasteiger partial charge is 0.240 e. The van der Waals surface area contributed by atoms with E-state index in [1.165, 1.54) is 12.1 Å². The third kappa shape index (κ3) is 3.93. The first-order valence-electron chi connectivity index (χ1n) is 7.09. The van der Waals surface area contributed by atoms with Gasteiger partial charge in [0.1, 0.15) is 5.82 Å². The van der Waals surface area contributed by atoms with Crippen LogP contribution in [-0.4, -0.2) is 42.5 Å². The second-order valence-electron chi connectivity index (χ2n) is 5.73. The van der Waals surface area contributed by atoms with Gasteiger partial charge in [0.15, 0.2) is 0 Å². The van der Waals surface area contributed by atoms with Crippen LogP contribution in [0.5, 0.6) is 0 Å². The van der Waals surface area contributed by atoms with E-state index in [1.807, 2.05) is 13.8 Å². The van der Waals surface area contributed by atoms with E-state index in [-0.39, 0.29) is 10.9 Å². The maximum atomic E-state index is 13.1. The number of piperazine rings is 1. The number of hydrogen-bond acceptors (Lipinski definition) is 3. The number of benzene rings is 1. The van der Waals surface area contributed by atoms with Crippen LogP contribution in [-0.2, 0) is 11.3 Å². The number of carbonyl (C=O) groups is 1. The van der Waals surface area contributed by atoms with E-state index in [1.54, 1.807) is 6.07 Å². The number of halogens is 2. The largest absolute Gasteiger partial charge is 0.350 e. The molecule has 1 saturated heterocycles. The van der Waals surface area contributed by atoms with Crippen LogP contribution in [0.25, 0.3) is 0 Å². The summed E-state index contributed by atoms with van der Waals surface area (Å²) in [5.74, 6) is -0.488. The molecule has 0 saturated carbocycles. The maximum absolute atomic E-state index is 13.1. The van der Waals surface area contributed by atoms with E-state index in [0.717, 1.165) is 31.7 Å². The van der Waals surface area contributed by atoms with Crippen LogP contribution < -0.4 is 10.6 Å². The summed E-state index contributed by atoms with van der Waals surface area (Å²) < 4.78 is 13.1. The Bertz CT molecular complexity index is 516. The van der Waals surface area contributed by atoms with Crippen LogP contribution in [0.3, 0.4) is 0 Å². The lowest BCUT2D eigenvalue weighted by molar-refractivity contribution is -0.132. The fourth-order valence-corrected chi connectivity index (χ4v) is 2.62. The van der Waals surface area contributed by atoms with Gasteiger partial charge >= 0.3 is 0 Å². The number of hydrogen-bond donors (Lipinski definition) is 2. The first-order chi connectivity index (χ1) is 9.91. The quantitative estimate of drug-likeness (QED) is 0.890. The van der Waals surface area contributed by atoms with Crippen molar-refractivity contribution in [3.05, 3.63) is 34.6 Å². The molecule has 0 spiro atoms. The molecule has 2 rings (SSSR count). The minimum Gasteiger partial charge on any atom is -0.350 e. The standard InChI is InChI=1S/C15H21ClFN3O/c1-15(2,20-7-5-18-6-8-20)14(21)19-10-11-3-4-13(17)12(16)9-11/h3-4,9,18H,5-8,10H2,1-2H3,(H,19,21). The molecule has 0 unspecified atom stereocenters. The highest BCUT2D eigenvalue weighted by Crippen LogP contribution is 2.18. The lowest BCUT2D eigenvalue weighted by atomic mass is 10.0. The molecule has 1 heterocycles. The molecule has 1 aromatic carbocycles. The molecule has 1 fully saturated rings. The Morgan fingerprint density at radius 1 is 1.43 bits per heavy atom. The second kappa shape index (κ2) is 6.73. The summed E-state index contributed by atoms with van der Waals surface area (Å²) in [4.78, 5) is 14.6. The molecule has 0 atom stereocenters. The van der Waals surface area contributed by atoms with Gasteiger partial charge in [-0.05, 0) is 31.5 Å². The van der Waals surface area contributed by atoms with E-state index in [2.05, 4.69) is 15.5 Å². The lowest BCUT2D eigenvalue weighted by Crippen LogP contribution is -2.59. The summed E-state index contributed by atoms with van der Waals surface area (Å²) in [7, 11) is 0. The van der Waals surface area contributed by atoms with Gasteiger partial charge in [0.05, 0.1) is 10.6 Å². The van der Waals surface area contributed by atoms with Crippen molar-refractivity contribution in [2.45, 2.75) is 25.9 Å². The molecule has 1 amide bonds. The lowest BCUT2D eigenvalue weighted by Gasteiger charge is -2.39. The summed E-state index contributed by atoms with van der Waals surface area (Å²) in [6.07, 6.45) is 0. The highest BCUT2D eigenvalue weighted by molar-refractivity contribution is 6.30. The highest BCUT2D eigenvalue weighted by Gasteiger charge is 2.34. The van der Waals surface area contributed by atoms with Gasteiger partial charge in [-0.15, -0.1) is 0 Å². The molecule has 116 valence electrons. The fourth-order valence-electron chi connectivity index (χ4n) is 2.42. The number of carbonyl (C=O) groups excluding carboxylic acids is 1. The minimum absolute atomic E-state index is 0.0372. The first-order valence-corrected chi connectivity index (χ1v) is 7.47. The van der Waals surface area contributed by atoms with E-state index in [9.17, 15) is 9.18 Å². The molecule has 0 aliphatic carbocycles. The Labute approximate surface area is 129 Å². The summed E-state index contributed by atoms with van der Waals surface area (Å²) in [6, 6.07) is 4.47. The minimum atomic E-state index is -0.564. The molecular weight excluding hydrogens is 293 g/mol. The second-order valence-corrected chi connectivity index (χ2v) is 6.13. The number of nitrogens with zero attached hydrogens (tertiary/aromatic N) is 1. The Kier molecular flexibility index (Phi) is 5.19. The third-order valence-electron chi connectivity index (χ3n) is 3.90. The van der Waals surface area contributed by atoms with Crippen molar-refractivity contribution in [2.24, 2.45) is 0 Å². The van der Waals surface area contributed by atoms with Crippen molar-refractivity contribution in [1.29, 1.82) is 0 Å². The van der Waals surface area contributed by atoms with Crippen molar-refractivity contribution in [2.75, 3.05) is 26.2 Å². The van der Waals surface area contributed by atoms with Crippen LogP contribution in [0.4, 0.5) is 4.39 Å². The van der Waals surface area contributed by atoms with E-state index in [0.29, 0.717) is 6.54 Å². The maximum Gasteiger partial charge on any atom is 0.240 e. The average Bonchev–Trinajstić information content (AvgIpc) is 2.49. The molecule has 0 radical (unpaired) electrons. The van der Waals surface area contributed by atoms with Gasteiger partial charge < -0.3 is 10.6 Å². The summed E-state index contributed by atoms with van der Waals surface area (Å²) in [6.45, 7) is 7.67. The van der Waals surface area contributed by atoms with Crippen LogP contribution >= 0.6 is 11.6 Å². The van der Waals surface area contributed by atoms with Gasteiger partial charge in [0.25, 0.3) is 0 Å². The Balaban J connectivity index is 1.95. The van der Waals surface area contributed by atoms with E-state index >= 15 is 0 Å². The summed E-state index contributed by atoms with van der Waals surface area (Å²) >= 11 is 5.74. The SMILES string of the molecule is CC(C)(C(=O)NCc1ccc(F)c(Cl)c1)N1CCNCC1. The highest BCUT2D eigenvalue weighted by atomic mass is 35.5. The number of nitrogens with one attached hydrogen (secondary N) is 2. The molecule has 1 aliphatic heterocycles. The van der Waals surface area contributed by atoms with Crippen molar-refractivity contribution >= 4 is 17.5 Å². The first kappa shape index (κ1) is 16.2. The number of rotatable bonds is 4. The monoisotopic (exact) mass is 313 g/mol. The predicted octanol–water partition coefficient (Wildman–Crippen LogP) is 1.78. The molecule has 6 heteroatoms. The van der Waals surface area contributed by atoms with Crippen LogP contribution in [0, 0.1) is 5.82 Å². The fraction of sp³-hybridized carbons (Fsp3) is 0.533. The van der Waals surface area contributed by atoms with Gasteiger partial charge in [0, 0.05) is 32.7 Å². The van der Waals surface area contributed by atoms with Crippen LogP contribution in [0.1, 0.15) is 19.4 Å². The Morgan fingerprint density at radius 2 is 2.10 bits per heavy atom. The molecule has 0 bridgehead atoms. The van der Waals surface area contributed by atoms with Crippen LogP contribution in [0.15, 0.2) is 18.2 Å². The summed E-state index contributed by atoms with van der Waals surface area (Å²) in [5.41, 5.74) is 0.220. The van der Waals surface area contributed by atoms with Gasteiger partial charge in [-0.3, -0.25) is 9.69 Å². The topological polar surface area (TPSA) is 44.4 Å². The van der Waals surface area contributed by atoms with Crippen molar-refractivity contribution < 1.29 is 9.18 Å². The van der Waals surface area contributed by atoms with Crippen molar-refractivity contribution in [3.63, 3.8) is 0 Å². The van der Waals surface area contributed by atoms with Gasteiger partial charge in [-0.2, -0.15) is 0 Å². The normalized spacial score (nSPS) is 16.8. The zero-order valence-corrected chi connectivity index (χ0v) is 13.1. The zero-order valence-electron chi connectivity index (χ0n) is 12.4. The molecule has 2 N–H and O–H groups in total. The molecule has 1 aromatic rings. The number of amides is 1. The van der Waals surface area contributed by atoms with Gasteiger partial charge in [-0.25, -0.2) is 4.39 Å². The van der Waals surface area contributed by atoms with Crippen molar-refractivity contribution in [1.82, 2.24) is 15.5 Å². The van der Waals surface area contributed by atoms with Crippen molar-refractivity contribution in [3.8, 4) is 0 Å². The van der Waals surface area contributed by atoms with Crippen LogP contribution in [0.2, 0.25) is 5.02 Å². The van der Waals surface area contributed by atoms with Gasteiger partial charge in [0.2, 0.25) is 5.91 Å².